The van der Waals surface area contributed by atoms with E-state index in [1.54, 1.807) is 6.07 Å². The van der Waals surface area contributed by atoms with Gasteiger partial charge in [0.05, 0.1) is 22.9 Å². The maximum absolute atomic E-state index is 13.5. The molecule has 0 saturated heterocycles. The van der Waals surface area contributed by atoms with Crippen LogP contribution < -0.4 is 11.3 Å². The zero-order chi connectivity index (χ0) is 23.5. The van der Waals surface area contributed by atoms with E-state index in [0.717, 1.165) is 12.0 Å². The second kappa shape index (κ2) is 9.33. The molecular weight excluding hydrogens is 445 g/mol. The van der Waals surface area contributed by atoms with Crippen LogP contribution in [0.4, 0.5) is 10.2 Å². The maximum Gasteiger partial charge on any atom is 0.266 e. The van der Waals surface area contributed by atoms with Crippen molar-refractivity contribution in [1.82, 2.24) is 29.5 Å². The van der Waals surface area contributed by atoms with E-state index < -0.39 is 5.82 Å². The van der Waals surface area contributed by atoms with Crippen molar-refractivity contribution in [2.75, 3.05) is 5.73 Å². The molecule has 3 aromatic heterocycles. The minimum absolute atomic E-state index is 0.265. The number of aryl methyl sites for hydroxylation is 2. The third kappa shape index (κ3) is 4.54. The number of H-pyrrole nitrogens is 1. The van der Waals surface area contributed by atoms with Crippen LogP contribution in [0.1, 0.15) is 24.7 Å². The van der Waals surface area contributed by atoms with E-state index >= 15 is 0 Å². The first-order valence-electron chi connectivity index (χ1n) is 10.3. The summed E-state index contributed by atoms with van der Waals surface area (Å²) in [5.74, 6) is 0.632. The van der Waals surface area contributed by atoms with Gasteiger partial charge in [-0.2, -0.15) is 0 Å². The van der Waals surface area contributed by atoms with Crippen molar-refractivity contribution in [3.63, 3.8) is 0 Å². The maximum atomic E-state index is 13.5. The van der Waals surface area contributed by atoms with Gasteiger partial charge in [-0.3, -0.25) is 9.36 Å². The fourth-order valence-electron chi connectivity index (χ4n) is 3.37. The number of aromatic amines is 1. The third-order valence-electron chi connectivity index (χ3n) is 5.04. The number of imidazole rings is 1. The fraction of sp³-hybridized carbons (Fsp3) is 0.174. The SMILES string of the molecule is CCCc1nc2ccc(F)cc2c(=O)n1-c1ccc(C)c(Cl)c1.Nc1ncnc2nc[nH]c12. The minimum Gasteiger partial charge on any atom is -0.382 e. The summed E-state index contributed by atoms with van der Waals surface area (Å²) in [6, 6.07) is 9.51. The normalized spacial score (nSPS) is 10.9. The lowest BCUT2D eigenvalue weighted by Crippen LogP contribution is -2.24. The monoisotopic (exact) mass is 465 g/mol. The molecular formula is C23H21ClFN7O. The predicted molar refractivity (Wildman–Crippen MR) is 127 cm³/mol. The van der Waals surface area contributed by atoms with E-state index in [-0.39, 0.29) is 10.9 Å². The zero-order valence-corrected chi connectivity index (χ0v) is 18.8. The van der Waals surface area contributed by atoms with E-state index in [9.17, 15) is 9.18 Å². The van der Waals surface area contributed by atoms with E-state index in [1.165, 1.54) is 35.4 Å². The number of hydrogen-bond donors (Lipinski definition) is 2. The highest BCUT2D eigenvalue weighted by atomic mass is 35.5. The van der Waals surface area contributed by atoms with Gasteiger partial charge in [0.25, 0.3) is 5.56 Å². The number of nitrogens with two attached hydrogens (primary N) is 1. The molecule has 0 atom stereocenters. The average Bonchev–Trinajstić information content (AvgIpc) is 3.28. The molecule has 0 radical (unpaired) electrons. The molecule has 0 amide bonds. The number of aromatic nitrogens is 6. The number of nitrogens with one attached hydrogen (secondary N) is 1. The molecule has 0 fully saturated rings. The number of anilines is 1. The Morgan fingerprint density at radius 3 is 2.70 bits per heavy atom. The predicted octanol–water partition coefficient (Wildman–Crippen LogP) is 4.37. The van der Waals surface area contributed by atoms with Crippen LogP contribution in [0.3, 0.4) is 0 Å². The number of rotatable bonds is 3. The highest BCUT2D eigenvalue weighted by molar-refractivity contribution is 6.31. The van der Waals surface area contributed by atoms with Gasteiger partial charge in [0.15, 0.2) is 11.5 Å². The molecule has 0 aliphatic rings. The molecule has 8 nitrogen and oxygen atoms in total. The molecule has 0 saturated carbocycles. The van der Waals surface area contributed by atoms with E-state index in [0.29, 0.717) is 45.5 Å². The first kappa shape index (κ1) is 22.3. The van der Waals surface area contributed by atoms with Crippen LogP contribution in [0.15, 0.2) is 53.8 Å². The van der Waals surface area contributed by atoms with Crippen molar-refractivity contribution in [2.24, 2.45) is 0 Å². The number of nitrogen functional groups attached to an aromatic ring is 1. The summed E-state index contributed by atoms with van der Waals surface area (Å²) in [4.78, 5) is 31.8. The summed E-state index contributed by atoms with van der Waals surface area (Å²) in [6.07, 6.45) is 4.42. The minimum atomic E-state index is -0.451. The van der Waals surface area contributed by atoms with E-state index in [4.69, 9.17) is 17.3 Å². The van der Waals surface area contributed by atoms with E-state index in [2.05, 4.69) is 24.9 Å². The zero-order valence-electron chi connectivity index (χ0n) is 18.0. The lowest BCUT2D eigenvalue weighted by molar-refractivity contribution is 0.629. The molecule has 0 spiro atoms. The third-order valence-corrected chi connectivity index (χ3v) is 5.45. The molecule has 168 valence electrons. The van der Waals surface area contributed by atoms with Gasteiger partial charge in [0.1, 0.15) is 23.5 Å². The van der Waals surface area contributed by atoms with Gasteiger partial charge in [-0.25, -0.2) is 24.3 Å². The Morgan fingerprint density at radius 2 is 1.97 bits per heavy atom. The van der Waals surface area contributed by atoms with Crippen molar-refractivity contribution in [3.8, 4) is 5.69 Å². The van der Waals surface area contributed by atoms with Gasteiger partial charge in [-0.1, -0.05) is 24.6 Å². The summed E-state index contributed by atoms with van der Waals surface area (Å²) in [6.45, 7) is 3.92. The van der Waals surface area contributed by atoms with Crippen LogP contribution in [0.25, 0.3) is 27.8 Å². The van der Waals surface area contributed by atoms with Crippen LogP contribution in [0, 0.1) is 12.7 Å². The van der Waals surface area contributed by atoms with Crippen LogP contribution in [0.5, 0.6) is 0 Å². The number of halogens is 2. The lowest BCUT2D eigenvalue weighted by Gasteiger charge is -2.14. The second-order valence-electron chi connectivity index (χ2n) is 7.37. The quantitative estimate of drug-likeness (QED) is 0.408. The number of hydrogen-bond acceptors (Lipinski definition) is 6. The lowest BCUT2D eigenvalue weighted by atomic mass is 10.2. The van der Waals surface area contributed by atoms with Crippen LogP contribution in [-0.2, 0) is 6.42 Å². The van der Waals surface area contributed by atoms with Crippen molar-refractivity contribution < 1.29 is 4.39 Å². The van der Waals surface area contributed by atoms with Crippen LogP contribution >= 0.6 is 11.6 Å². The Labute approximate surface area is 193 Å². The van der Waals surface area contributed by atoms with Gasteiger partial charge in [0.2, 0.25) is 0 Å². The van der Waals surface area contributed by atoms with Gasteiger partial charge in [0, 0.05) is 11.4 Å². The van der Waals surface area contributed by atoms with E-state index in [1.807, 2.05) is 26.0 Å². The molecule has 10 heteroatoms. The van der Waals surface area contributed by atoms with Crippen molar-refractivity contribution in [1.29, 1.82) is 0 Å². The Bertz CT molecular complexity index is 1510. The molecule has 5 aromatic rings. The topological polar surface area (TPSA) is 115 Å². The van der Waals surface area contributed by atoms with Crippen LogP contribution in [0.2, 0.25) is 5.02 Å². The Morgan fingerprint density at radius 1 is 1.15 bits per heavy atom. The van der Waals surface area contributed by atoms with Crippen molar-refractivity contribution in [3.05, 3.63) is 81.6 Å². The number of benzene rings is 2. The first-order valence-corrected chi connectivity index (χ1v) is 10.6. The average molecular weight is 466 g/mol. The summed E-state index contributed by atoms with van der Waals surface area (Å²) < 4.78 is 15.0. The fourth-order valence-corrected chi connectivity index (χ4v) is 3.54. The molecule has 2 aromatic carbocycles. The molecule has 5 rings (SSSR count). The summed E-state index contributed by atoms with van der Waals surface area (Å²) in [5, 5.41) is 0.845. The molecule has 3 N–H and O–H groups in total. The molecule has 0 unspecified atom stereocenters. The number of fused-ring (bicyclic) bond motifs is 2. The summed E-state index contributed by atoms with van der Waals surface area (Å²) in [5.41, 5.74) is 8.58. The number of nitrogens with zero attached hydrogens (tertiary/aromatic N) is 5. The van der Waals surface area contributed by atoms with Gasteiger partial charge >= 0.3 is 0 Å². The Kier molecular flexibility index (Phi) is 6.32. The molecule has 3 heterocycles. The van der Waals surface area contributed by atoms with Crippen molar-refractivity contribution >= 4 is 39.5 Å². The second-order valence-corrected chi connectivity index (χ2v) is 7.78. The molecule has 0 aliphatic heterocycles. The molecule has 33 heavy (non-hydrogen) atoms. The van der Waals surface area contributed by atoms with Crippen molar-refractivity contribution in [2.45, 2.75) is 26.7 Å². The Hall–Kier alpha value is -3.85. The first-order chi connectivity index (χ1) is 15.9. The standard InChI is InChI=1S/C18H16ClFN2O.C5H5N5/c1-3-4-17-21-16-8-6-12(20)9-14(16)18(23)22(17)13-7-5-11(2)15(19)10-13;6-4-3-5(9-1-7-3)10-2-8-4/h5-10H,3-4H2,1-2H3;1-2H,(H3,6,7,8,9,10). The van der Waals surface area contributed by atoms with Crippen LogP contribution in [-0.4, -0.2) is 29.5 Å². The van der Waals surface area contributed by atoms with Gasteiger partial charge in [-0.15, -0.1) is 0 Å². The Balaban J connectivity index is 0.000000214. The summed E-state index contributed by atoms with van der Waals surface area (Å²) in [7, 11) is 0. The smallest absolute Gasteiger partial charge is 0.266 e. The van der Waals surface area contributed by atoms with Gasteiger partial charge in [-0.05, 0) is 49.2 Å². The highest BCUT2D eigenvalue weighted by Crippen LogP contribution is 2.21. The summed E-state index contributed by atoms with van der Waals surface area (Å²) >= 11 is 6.19. The largest absolute Gasteiger partial charge is 0.382 e. The molecule has 0 aliphatic carbocycles. The molecule has 0 bridgehead atoms. The highest BCUT2D eigenvalue weighted by Gasteiger charge is 2.13. The van der Waals surface area contributed by atoms with Gasteiger partial charge < -0.3 is 10.7 Å².